The number of rotatable bonds is 5. The van der Waals surface area contributed by atoms with Gasteiger partial charge in [-0.15, -0.1) is 0 Å². The molecule has 0 unspecified atom stereocenters. The zero-order chi connectivity index (χ0) is 17.0. The quantitative estimate of drug-likeness (QED) is 0.855. The van der Waals surface area contributed by atoms with Crippen LogP contribution in [-0.4, -0.2) is 50.3 Å². The van der Waals surface area contributed by atoms with Crippen molar-refractivity contribution < 1.29 is 14.7 Å². The monoisotopic (exact) mass is 334 g/mol. The minimum absolute atomic E-state index is 0.0602. The van der Waals surface area contributed by atoms with Gasteiger partial charge in [0, 0.05) is 19.3 Å². The summed E-state index contributed by atoms with van der Waals surface area (Å²) in [4.78, 5) is 26.1. The zero-order valence-corrected chi connectivity index (χ0v) is 14.0. The smallest absolute Gasteiger partial charge is 0.244 e. The fourth-order valence-electron chi connectivity index (χ4n) is 3.61. The Morgan fingerprint density at radius 2 is 1.88 bits per heavy atom. The summed E-state index contributed by atoms with van der Waals surface area (Å²) in [6, 6.07) is 0. The summed E-state index contributed by atoms with van der Waals surface area (Å²) >= 11 is 0. The van der Waals surface area contributed by atoms with Crippen LogP contribution < -0.4 is 5.32 Å². The Hall–Kier alpha value is -1.89. The number of nitrogens with one attached hydrogen (secondary N) is 1. The van der Waals surface area contributed by atoms with E-state index < -0.39 is 5.60 Å². The fourth-order valence-corrected chi connectivity index (χ4v) is 3.61. The van der Waals surface area contributed by atoms with E-state index in [-0.39, 0.29) is 24.8 Å². The number of anilines is 1. The SMILES string of the molecule is O=C(CC1(O)CCCCC1)Nc1cnn(CC(=O)N2CCCC2)c1. The highest BCUT2D eigenvalue weighted by Gasteiger charge is 2.31. The minimum atomic E-state index is -0.871. The van der Waals surface area contributed by atoms with E-state index in [9.17, 15) is 14.7 Å². The summed E-state index contributed by atoms with van der Waals surface area (Å²) in [6.45, 7) is 1.84. The minimum Gasteiger partial charge on any atom is -0.389 e. The average Bonchev–Trinajstić information content (AvgIpc) is 3.19. The number of hydrogen-bond donors (Lipinski definition) is 2. The largest absolute Gasteiger partial charge is 0.389 e. The molecule has 0 atom stereocenters. The number of nitrogens with zero attached hydrogens (tertiary/aromatic N) is 3. The predicted molar refractivity (Wildman–Crippen MR) is 89.3 cm³/mol. The van der Waals surface area contributed by atoms with Gasteiger partial charge in [0.15, 0.2) is 0 Å². The van der Waals surface area contributed by atoms with Crippen molar-refractivity contribution in [2.75, 3.05) is 18.4 Å². The second-order valence-corrected chi connectivity index (χ2v) is 7.02. The van der Waals surface area contributed by atoms with Gasteiger partial charge in [0.2, 0.25) is 11.8 Å². The third-order valence-electron chi connectivity index (χ3n) is 4.95. The zero-order valence-electron chi connectivity index (χ0n) is 14.0. The molecule has 2 heterocycles. The highest BCUT2D eigenvalue weighted by molar-refractivity contribution is 5.91. The van der Waals surface area contributed by atoms with Crippen LogP contribution in [0.25, 0.3) is 0 Å². The lowest BCUT2D eigenvalue weighted by Gasteiger charge is -2.31. The van der Waals surface area contributed by atoms with Gasteiger partial charge >= 0.3 is 0 Å². The van der Waals surface area contributed by atoms with Crippen molar-refractivity contribution >= 4 is 17.5 Å². The van der Waals surface area contributed by atoms with E-state index in [4.69, 9.17) is 0 Å². The van der Waals surface area contributed by atoms with Gasteiger partial charge < -0.3 is 15.3 Å². The Kier molecular flexibility index (Phi) is 5.18. The molecule has 2 fully saturated rings. The maximum atomic E-state index is 12.1. The van der Waals surface area contributed by atoms with E-state index in [0.717, 1.165) is 45.2 Å². The number of aliphatic hydroxyl groups is 1. The molecule has 2 amide bonds. The number of hydrogen-bond acceptors (Lipinski definition) is 4. The van der Waals surface area contributed by atoms with Gasteiger partial charge in [0.25, 0.3) is 0 Å². The molecule has 3 rings (SSSR count). The molecule has 1 saturated heterocycles. The Balaban J connectivity index is 1.49. The molecule has 2 N–H and O–H groups in total. The van der Waals surface area contributed by atoms with Gasteiger partial charge in [0.1, 0.15) is 6.54 Å². The van der Waals surface area contributed by atoms with Crippen molar-refractivity contribution in [1.29, 1.82) is 0 Å². The van der Waals surface area contributed by atoms with E-state index >= 15 is 0 Å². The summed E-state index contributed by atoms with van der Waals surface area (Å²) in [7, 11) is 0. The first-order chi connectivity index (χ1) is 11.5. The molecule has 0 bridgehead atoms. The van der Waals surface area contributed by atoms with Gasteiger partial charge in [-0.25, -0.2) is 0 Å². The maximum Gasteiger partial charge on any atom is 0.244 e. The molecule has 0 aromatic carbocycles. The fraction of sp³-hybridized carbons (Fsp3) is 0.706. The number of aromatic nitrogens is 2. The Morgan fingerprint density at radius 3 is 2.58 bits per heavy atom. The first-order valence-corrected chi connectivity index (χ1v) is 8.87. The average molecular weight is 334 g/mol. The molecule has 24 heavy (non-hydrogen) atoms. The van der Waals surface area contributed by atoms with Crippen LogP contribution in [0.15, 0.2) is 12.4 Å². The molecule has 2 aliphatic rings. The molecule has 7 nitrogen and oxygen atoms in total. The first kappa shape index (κ1) is 17.0. The van der Waals surface area contributed by atoms with Crippen LogP contribution in [-0.2, 0) is 16.1 Å². The van der Waals surface area contributed by atoms with Crippen molar-refractivity contribution in [2.24, 2.45) is 0 Å². The molecule has 0 spiro atoms. The van der Waals surface area contributed by atoms with E-state index in [0.29, 0.717) is 18.5 Å². The predicted octanol–water partition coefficient (Wildman–Crippen LogP) is 1.53. The van der Waals surface area contributed by atoms with Crippen molar-refractivity contribution in [1.82, 2.24) is 14.7 Å². The highest BCUT2D eigenvalue weighted by atomic mass is 16.3. The number of carbonyl (C=O) groups is 2. The van der Waals surface area contributed by atoms with Gasteiger partial charge in [-0.05, 0) is 25.7 Å². The van der Waals surface area contributed by atoms with Crippen molar-refractivity contribution in [3.63, 3.8) is 0 Å². The first-order valence-electron chi connectivity index (χ1n) is 8.87. The summed E-state index contributed by atoms with van der Waals surface area (Å²) in [5.41, 5.74) is -0.307. The van der Waals surface area contributed by atoms with Crippen LogP contribution in [0.5, 0.6) is 0 Å². The van der Waals surface area contributed by atoms with E-state index in [2.05, 4.69) is 10.4 Å². The second-order valence-electron chi connectivity index (χ2n) is 7.02. The molecule has 0 radical (unpaired) electrons. The van der Waals surface area contributed by atoms with Crippen LogP contribution in [0.1, 0.15) is 51.4 Å². The van der Waals surface area contributed by atoms with Crippen molar-refractivity contribution in [3.05, 3.63) is 12.4 Å². The maximum absolute atomic E-state index is 12.1. The van der Waals surface area contributed by atoms with Gasteiger partial charge in [0.05, 0.1) is 23.9 Å². The van der Waals surface area contributed by atoms with Crippen molar-refractivity contribution in [3.8, 4) is 0 Å². The van der Waals surface area contributed by atoms with Gasteiger partial charge in [-0.3, -0.25) is 14.3 Å². The Bertz CT molecular complexity index is 586. The normalized spacial score (nSPS) is 20.1. The molecule has 1 aromatic rings. The Labute approximate surface area is 142 Å². The summed E-state index contributed by atoms with van der Waals surface area (Å²) in [6.07, 6.45) is 9.89. The van der Waals surface area contributed by atoms with Crippen LogP contribution in [0, 0.1) is 0 Å². The molecule has 1 aromatic heterocycles. The summed E-state index contributed by atoms with van der Waals surface area (Å²) in [5, 5.41) is 17.3. The van der Waals surface area contributed by atoms with Gasteiger partial charge in [-0.2, -0.15) is 5.10 Å². The molecule has 132 valence electrons. The number of carbonyl (C=O) groups excluding carboxylic acids is 2. The van der Waals surface area contributed by atoms with Gasteiger partial charge in [-0.1, -0.05) is 19.3 Å². The van der Waals surface area contributed by atoms with E-state index in [1.807, 2.05) is 4.90 Å². The summed E-state index contributed by atoms with van der Waals surface area (Å²) in [5.74, 6) is -0.144. The Morgan fingerprint density at radius 1 is 1.17 bits per heavy atom. The standard InChI is InChI=1S/C17H26N4O3/c22-15(10-17(24)6-2-1-3-7-17)19-14-11-18-21(12-14)13-16(23)20-8-4-5-9-20/h11-12,24H,1-10,13H2,(H,19,22). The molecule has 1 aliphatic carbocycles. The second kappa shape index (κ2) is 7.34. The van der Waals surface area contributed by atoms with Crippen LogP contribution >= 0.6 is 0 Å². The molecular formula is C17H26N4O3. The summed E-state index contributed by atoms with van der Waals surface area (Å²) < 4.78 is 1.55. The van der Waals surface area contributed by atoms with Crippen LogP contribution in [0.2, 0.25) is 0 Å². The highest BCUT2D eigenvalue weighted by Crippen LogP contribution is 2.31. The third-order valence-corrected chi connectivity index (χ3v) is 4.95. The third kappa shape index (κ3) is 4.35. The molecular weight excluding hydrogens is 308 g/mol. The molecule has 1 saturated carbocycles. The lowest BCUT2D eigenvalue weighted by atomic mass is 9.82. The number of likely N-dealkylation sites (tertiary alicyclic amines) is 1. The van der Waals surface area contributed by atoms with E-state index in [1.54, 1.807) is 17.1 Å². The lowest BCUT2D eigenvalue weighted by molar-refractivity contribution is -0.131. The van der Waals surface area contributed by atoms with E-state index in [1.165, 1.54) is 0 Å². The molecule has 7 heteroatoms. The van der Waals surface area contributed by atoms with Crippen LogP contribution in [0.3, 0.4) is 0 Å². The van der Waals surface area contributed by atoms with Crippen LogP contribution in [0.4, 0.5) is 5.69 Å². The van der Waals surface area contributed by atoms with Crippen molar-refractivity contribution in [2.45, 2.75) is 63.5 Å². The topological polar surface area (TPSA) is 87.5 Å². The molecule has 1 aliphatic heterocycles. The lowest BCUT2D eigenvalue weighted by Crippen LogP contribution is -2.35. The number of amides is 2.